The number of ether oxygens (including phenoxy) is 1. The van der Waals surface area contributed by atoms with Crippen LogP contribution in [0.5, 0.6) is 5.75 Å². The van der Waals surface area contributed by atoms with Crippen LogP contribution in [0.1, 0.15) is 20.5 Å². The topological polar surface area (TPSA) is 39.2 Å². The summed E-state index contributed by atoms with van der Waals surface area (Å²) in [6, 6.07) is 15.7. The number of methoxy groups -OCH3 is 1. The molecule has 4 rings (SSSR count). The molecule has 23 heavy (non-hydrogen) atoms. The number of aromatic nitrogens is 1. The molecule has 5 heteroatoms. The van der Waals surface area contributed by atoms with Crippen molar-refractivity contribution in [3.8, 4) is 15.9 Å². The molecule has 0 aliphatic carbocycles. The molecule has 0 bridgehead atoms. The molecule has 2 heterocycles. The van der Waals surface area contributed by atoms with Crippen LogP contribution in [0.25, 0.3) is 10.1 Å². The zero-order chi connectivity index (χ0) is 15.8. The number of benzene rings is 2. The third-order valence-corrected chi connectivity index (χ3v) is 7.22. The van der Waals surface area contributed by atoms with Gasteiger partial charge in [-0.2, -0.15) is 0 Å². The third-order valence-electron chi connectivity index (χ3n) is 3.74. The number of thioether (sulfide) groups is 1. The average Bonchev–Trinajstić information content (AvgIpc) is 2.99. The zero-order valence-electron chi connectivity index (χ0n) is 12.4. The Morgan fingerprint density at radius 1 is 1.13 bits per heavy atom. The van der Waals surface area contributed by atoms with Gasteiger partial charge in [0.05, 0.1) is 0 Å². The van der Waals surface area contributed by atoms with Gasteiger partial charge in [-0.05, 0) is 0 Å². The van der Waals surface area contributed by atoms with E-state index in [9.17, 15) is 4.79 Å². The van der Waals surface area contributed by atoms with Crippen LogP contribution in [0.15, 0.2) is 53.4 Å². The van der Waals surface area contributed by atoms with E-state index in [0.29, 0.717) is 0 Å². The van der Waals surface area contributed by atoms with Gasteiger partial charge in [0.1, 0.15) is 0 Å². The standard InChI is InChI=1S/C18H13NO2SSe/c1-21-12-8-6-11(7-9-12)18-19-14-10-22-15-5-3-2-4-13(15)16(20)17(14)23-18/h2-9H,10H2,1H3. The van der Waals surface area contributed by atoms with Gasteiger partial charge in [-0.3, -0.25) is 0 Å². The van der Waals surface area contributed by atoms with E-state index in [4.69, 9.17) is 9.72 Å². The van der Waals surface area contributed by atoms with Crippen LogP contribution in [0.3, 0.4) is 0 Å². The molecule has 2 aromatic carbocycles. The van der Waals surface area contributed by atoms with E-state index in [0.717, 1.165) is 42.2 Å². The van der Waals surface area contributed by atoms with Crippen LogP contribution >= 0.6 is 11.8 Å². The van der Waals surface area contributed by atoms with Gasteiger partial charge in [-0.25, -0.2) is 0 Å². The van der Waals surface area contributed by atoms with E-state index in [1.165, 1.54) is 0 Å². The van der Waals surface area contributed by atoms with E-state index in [1.54, 1.807) is 18.9 Å². The molecule has 0 fully saturated rings. The predicted octanol–water partition coefficient (Wildman–Crippen LogP) is 3.65. The maximum atomic E-state index is 12.8. The van der Waals surface area contributed by atoms with Crippen molar-refractivity contribution in [2.45, 2.75) is 10.6 Å². The summed E-state index contributed by atoms with van der Waals surface area (Å²) in [4.78, 5) is 18.7. The van der Waals surface area contributed by atoms with Crippen molar-refractivity contribution < 1.29 is 9.53 Å². The van der Waals surface area contributed by atoms with Crippen LogP contribution in [0.2, 0.25) is 0 Å². The van der Waals surface area contributed by atoms with Crippen LogP contribution in [-0.4, -0.2) is 32.4 Å². The summed E-state index contributed by atoms with van der Waals surface area (Å²) in [6.07, 6.45) is 0. The second kappa shape index (κ2) is 6.00. The second-order valence-electron chi connectivity index (χ2n) is 5.14. The molecule has 0 spiro atoms. The second-order valence-corrected chi connectivity index (χ2v) is 8.25. The summed E-state index contributed by atoms with van der Waals surface area (Å²) in [5, 5.41) is 0. The van der Waals surface area contributed by atoms with Gasteiger partial charge >= 0.3 is 144 Å². The summed E-state index contributed by atoms with van der Waals surface area (Å²) < 4.78 is 7.13. The molecular formula is C18H13NO2SSe. The molecular weight excluding hydrogens is 373 g/mol. The van der Waals surface area contributed by atoms with Crippen LogP contribution in [0, 0.1) is 0 Å². The Labute approximate surface area is 144 Å². The van der Waals surface area contributed by atoms with Crippen LogP contribution < -0.4 is 4.74 Å². The SMILES string of the molecule is COc1ccc(-c2nc3c([se]2)C(=O)c2ccccc2SC3)cc1. The third kappa shape index (κ3) is 2.65. The molecule has 0 atom stereocenters. The van der Waals surface area contributed by atoms with Gasteiger partial charge in [-0.1, -0.05) is 0 Å². The fourth-order valence-corrected chi connectivity index (χ4v) is 5.92. The molecule has 1 aromatic heterocycles. The summed E-state index contributed by atoms with van der Waals surface area (Å²) in [6.45, 7) is 0. The molecule has 3 nitrogen and oxygen atoms in total. The Morgan fingerprint density at radius 3 is 2.70 bits per heavy atom. The molecule has 0 unspecified atom stereocenters. The number of ketones is 1. The van der Waals surface area contributed by atoms with E-state index < -0.39 is 0 Å². The minimum atomic E-state index is -0.0426. The quantitative estimate of drug-likeness (QED) is 0.631. The number of rotatable bonds is 2. The van der Waals surface area contributed by atoms with Gasteiger partial charge < -0.3 is 0 Å². The van der Waals surface area contributed by atoms with Gasteiger partial charge in [0.15, 0.2) is 0 Å². The average molecular weight is 386 g/mol. The first-order valence-electron chi connectivity index (χ1n) is 7.17. The van der Waals surface area contributed by atoms with Crippen molar-refractivity contribution in [3.05, 3.63) is 64.2 Å². The fraction of sp³-hybridized carbons (Fsp3) is 0.111. The molecule has 0 saturated carbocycles. The van der Waals surface area contributed by atoms with Crippen molar-refractivity contribution in [2.75, 3.05) is 7.11 Å². The first-order valence-corrected chi connectivity index (χ1v) is 9.87. The first-order chi connectivity index (χ1) is 11.3. The molecule has 114 valence electrons. The Kier molecular flexibility index (Phi) is 3.85. The molecule has 0 N–H and O–H groups in total. The van der Waals surface area contributed by atoms with Crippen molar-refractivity contribution in [3.63, 3.8) is 0 Å². The number of carbonyl (C=O) groups is 1. The number of hydrogen-bond donors (Lipinski definition) is 0. The van der Waals surface area contributed by atoms with Crippen molar-refractivity contribution in [1.82, 2.24) is 4.98 Å². The molecule has 3 aromatic rings. The first kappa shape index (κ1) is 14.8. The molecule has 0 radical (unpaired) electrons. The predicted molar refractivity (Wildman–Crippen MR) is 92.6 cm³/mol. The van der Waals surface area contributed by atoms with E-state index >= 15 is 0 Å². The monoisotopic (exact) mass is 387 g/mol. The minimum absolute atomic E-state index is 0.0426. The molecule has 0 saturated heterocycles. The number of nitrogens with zero attached hydrogens (tertiary/aromatic N) is 1. The fourth-order valence-electron chi connectivity index (χ4n) is 2.53. The van der Waals surface area contributed by atoms with Gasteiger partial charge in [0, 0.05) is 0 Å². The Balaban J connectivity index is 1.76. The molecule has 1 aliphatic rings. The van der Waals surface area contributed by atoms with Crippen LogP contribution in [-0.2, 0) is 5.75 Å². The van der Waals surface area contributed by atoms with Gasteiger partial charge in [0.2, 0.25) is 0 Å². The summed E-state index contributed by atoms with van der Waals surface area (Å²) in [5.41, 5.74) is 2.84. The van der Waals surface area contributed by atoms with Crippen molar-refractivity contribution >= 4 is 32.0 Å². The molecule has 1 aliphatic heterocycles. The van der Waals surface area contributed by atoms with Gasteiger partial charge in [-0.15, -0.1) is 0 Å². The van der Waals surface area contributed by atoms with Crippen molar-refractivity contribution in [2.24, 2.45) is 0 Å². The Bertz CT molecular complexity index is 886. The zero-order valence-corrected chi connectivity index (χ0v) is 14.9. The Morgan fingerprint density at radius 2 is 1.91 bits per heavy atom. The number of fused-ring (bicyclic) bond motifs is 2. The Hall–Kier alpha value is -1.81. The summed E-state index contributed by atoms with van der Waals surface area (Å²) in [7, 11) is 1.66. The van der Waals surface area contributed by atoms with Crippen molar-refractivity contribution in [1.29, 1.82) is 0 Å². The summed E-state index contributed by atoms with van der Waals surface area (Å²) in [5.74, 6) is 1.74. The van der Waals surface area contributed by atoms with Crippen LogP contribution in [0.4, 0.5) is 0 Å². The number of carbonyl (C=O) groups excluding carboxylic acids is 1. The normalized spacial score (nSPS) is 13.2. The number of hydrogen-bond acceptors (Lipinski definition) is 4. The van der Waals surface area contributed by atoms with E-state index in [2.05, 4.69) is 0 Å². The summed E-state index contributed by atoms with van der Waals surface area (Å²) >= 11 is 1.65. The molecule has 0 amide bonds. The maximum absolute atomic E-state index is 12.8. The van der Waals surface area contributed by atoms with Gasteiger partial charge in [0.25, 0.3) is 0 Å². The van der Waals surface area contributed by atoms with E-state index in [1.807, 2.05) is 48.5 Å². The van der Waals surface area contributed by atoms with E-state index in [-0.39, 0.29) is 20.3 Å².